The topological polar surface area (TPSA) is 41.5 Å². The zero-order chi connectivity index (χ0) is 11.3. The normalized spacial score (nSPS) is 12.5. The fourth-order valence-electron chi connectivity index (χ4n) is 1.25. The molecule has 0 aliphatic rings. The molecule has 3 nitrogen and oxygen atoms in total. The molecule has 0 unspecified atom stereocenters. The molecule has 1 aromatic carbocycles. The van der Waals surface area contributed by atoms with Crippen molar-refractivity contribution in [2.24, 2.45) is 0 Å². The number of hydrogen-bond acceptors (Lipinski definition) is 3. The lowest BCUT2D eigenvalue weighted by atomic mass is 10.2. The highest BCUT2D eigenvalue weighted by Gasteiger charge is 2.01. The van der Waals surface area contributed by atoms with Crippen molar-refractivity contribution in [3.63, 3.8) is 0 Å². The van der Waals surface area contributed by atoms with Gasteiger partial charge in [0.15, 0.2) is 0 Å². The van der Waals surface area contributed by atoms with Crippen molar-refractivity contribution in [3.05, 3.63) is 28.2 Å². The molecule has 1 atom stereocenters. The van der Waals surface area contributed by atoms with Gasteiger partial charge in [-0.25, -0.2) is 0 Å². The van der Waals surface area contributed by atoms with Gasteiger partial charge in [-0.15, -0.1) is 0 Å². The van der Waals surface area contributed by atoms with Gasteiger partial charge < -0.3 is 15.2 Å². The lowest BCUT2D eigenvalue weighted by Crippen LogP contribution is -2.23. The Labute approximate surface area is 98.6 Å². The molecular formula is C11H16BrNO2. The van der Waals surface area contributed by atoms with E-state index in [1.54, 1.807) is 14.0 Å². The quantitative estimate of drug-likeness (QED) is 0.862. The molecule has 2 N–H and O–H groups in total. The summed E-state index contributed by atoms with van der Waals surface area (Å²) in [5.41, 5.74) is 1.16. The minimum atomic E-state index is -0.313. The van der Waals surface area contributed by atoms with Crippen molar-refractivity contribution < 1.29 is 9.84 Å². The Morgan fingerprint density at radius 3 is 2.80 bits per heavy atom. The first kappa shape index (κ1) is 12.5. The second kappa shape index (κ2) is 6.10. The minimum Gasteiger partial charge on any atom is -0.496 e. The summed E-state index contributed by atoms with van der Waals surface area (Å²) in [5, 5.41) is 12.2. The van der Waals surface area contributed by atoms with Crippen LogP contribution >= 0.6 is 15.9 Å². The van der Waals surface area contributed by atoms with Gasteiger partial charge in [-0.1, -0.05) is 6.07 Å². The van der Waals surface area contributed by atoms with Gasteiger partial charge in [-0.2, -0.15) is 0 Å². The molecule has 0 heterocycles. The van der Waals surface area contributed by atoms with Crippen molar-refractivity contribution in [3.8, 4) is 5.75 Å². The highest BCUT2D eigenvalue weighted by atomic mass is 79.9. The number of benzene rings is 1. The minimum absolute atomic E-state index is 0.313. The maximum absolute atomic E-state index is 9.08. The largest absolute Gasteiger partial charge is 0.496 e. The van der Waals surface area contributed by atoms with Crippen LogP contribution < -0.4 is 10.1 Å². The van der Waals surface area contributed by atoms with Crippen molar-refractivity contribution in [1.82, 2.24) is 5.32 Å². The van der Waals surface area contributed by atoms with Crippen LogP contribution in [0.15, 0.2) is 22.7 Å². The lowest BCUT2D eigenvalue weighted by Gasteiger charge is -2.08. The number of halogens is 1. The number of methoxy groups -OCH3 is 1. The van der Waals surface area contributed by atoms with E-state index in [1.807, 2.05) is 18.2 Å². The Kier molecular flexibility index (Phi) is 5.08. The molecule has 84 valence electrons. The first-order valence-corrected chi connectivity index (χ1v) is 5.64. The summed E-state index contributed by atoms with van der Waals surface area (Å²) in [7, 11) is 1.64. The third kappa shape index (κ3) is 4.20. The molecular weight excluding hydrogens is 258 g/mol. The lowest BCUT2D eigenvalue weighted by molar-refractivity contribution is 0.191. The molecule has 0 bridgehead atoms. The third-order valence-corrected chi connectivity index (χ3v) is 2.60. The molecule has 0 saturated carbocycles. The summed E-state index contributed by atoms with van der Waals surface area (Å²) in [6.45, 7) is 3.11. The molecule has 0 saturated heterocycles. The van der Waals surface area contributed by atoms with Crippen LogP contribution in [0.2, 0.25) is 0 Å². The standard InChI is InChI=1S/C11H16BrNO2/c1-8(14)6-13-7-9-3-4-11(15-2)10(12)5-9/h3-5,8,13-14H,6-7H2,1-2H3/t8-/m1/s1. The van der Waals surface area contributed by atoms with Gasteiger partial charge in [0.2, 0.25) is 0 Å². The van der Waals surface area contributed by atoms with Crippen LogP contribution in [0.25, 0.3) is 0 Å². The predicted octanol–water partition coefficient (Wildman–Crippen LogP) is 1.93. The van der Waals surface area contributed by atoms with Crippen LogP contribution in [0.5, 0.6) is 5.75 Å². The average Bonchev–Trinajstić information content (AvgIpc) is 2.17. The molecule has 4 heteroatoms. The van der Waals surface area contributed by atoms with E-state index in [2.05, 4.69) is 21.2 Å². The fourth-order valence-corrected chi connectivity index (χ4v) is 1.83. The second-order valence-corrected chi connectivity index (χ2v) is 4.30. The van der Waals surface area contributed by atoms with E-state index in [0.29, 0.717) is 6.54 Å². The molecule has 0 amide bonds. The summed E-state index contributed by atoms with van der Waals surface area (Å²) >= 11 is 3.43. The van der Waals surface area contributed by atoms with E-state index in [-0.39, 0.29) is 6.10 Å². The molecule has 0 fully saturated rings. The molecule has 0 aliphatic heterocycles. The van der Waals surface area contributed by atoms with E-state index in [0.717, 1.165) is 22.3 Å². The molecule has 0 aromatic heterocycles. The summed E-state index contributed by atoms with van der Waals surface area (Å²) in [6.07, 6.45) is -0.313. The van der Waals surface area contributed by atoms with Gasteiger partial charge in [-0.3, -0.25) is 0 Å². The van der Waals surface area contributed by atoms with Crippen LogP contribution in [0, 0.1) is 0 Å². The predicted molar refractivity (Wildman–Crippen MR) is 64.1 cm³/mol. The Balaban J connectivity index is 2.52. The van der Waals surface area contributed by atoms with Gasteiger partial charge in [0, 0.05) is 13.1 Å². The van der Waals surface area contributed by atoms with E-state index < -0.39 is 0 Å². The number of aliphatic hydroxyl groups excluding tert-OH is 1. The van der Waals surface area contributed by atoms with Crippen LogP contribution in [0.1, 0.15) is 12.5 Å². The van der Waals surface area contributed by atoms with Gasteiger partial charge >= 0.3 is 0 Å². The molecule has 0 aliphatic carbocycles. The molecule has 0 radical (unpaired) electrons. The van der Waals surface area contributed by atoms with E-state index in [9.17, 15) is 0 Å². The maximum atomic E-state index is 9.08. The fraction of sp³-hybridized carbons (Fsp3) is 0.455. The van der Waals surface area contributed by atoms with E-state index in [1.165, 1.54) is 0 Å². The first-order chi connectivity index (χ1) is 7.13. The van der Waals surface area contributed by atoms with E-state index in [4.69, 9.17) is 9.84 Å². The smallest absolute Gasteiger partial charge is 0.133 e. The number of ether oxygens (including phenoxy) is 1. The summed E-state index contributed by atoms with van der Waals surface area (Å²) in [4.78, 5) is 0. The molecule has 1 aromatic rings. The summed E-state index contributed by atoms with van der Waals surface area (Å²) < 4.78 is 6.08. The highest BCUT2D eigenvalue weighted by molar-refractivity contribution is 9.10. The second-order valence-electron chi connectivity index (χ2n) is 3.45. The zero-order valence-corrected chi connectivity index (χ0v) is 10.5. The number of hydrogen-bond donors (Lipinski definition) is 2. The molecule has 15 heavy (non-hydrogen) atoms. The Morgan fingerprint density at radius 1 is 1.53 bits per heavy atom. The van der Waals surface area contributed by atoms with Gasteiger partial charge in [0.1, 0.15) is 5.75 Å². The van der Waals surface area contributed by atoms with Crippen molar-refractivity contribution in [2.45, 2.75) is 19.6 Å². The number of nitrogens with one attached hydrogen (secondary N) is 1. The molecule has 1 rings (SSSR count). The maximum Gasteiger partial charge on any atom is 0.133 e. The van der Waals surface area contributed by atoms with Crippen LogP contribution in [-0.4, -0.2) is 24.9 Å². The van der Waals surface area contributed by atoms with Crippen molar-refractivity contribution in [2.75, 3.05) is 13.7 Å². The molecule has 0 spiro atoms. The monoisotopic (exact) mass is 273 g/mol. The Bertz CT molecular complexity index is 315. The number of aliphatic hydroxyl groups is 1. The van der Waals surface area contributed by atoms with Crippen molar-refractivity contribution >= 4 is 15.9 Å². The first-order valence-electron chi connectivity index (χ1n) is 4.84. The zero-order valence-electron chi connectivity index (χ0n) is 8.96. The SMILES string of the molecule is COc1ccc(CNC[C@@H](C)O)cc1Br. The van der Waals surface area contributed by atoms with Gasteiger partial charge in [0.25, 0.3) is 0 Å². The average molecular weight is 274 g/mol. The van der Waals surface area contributed by atoms with Gasteiger partial charge in [-0.05, 0) is 40.5 Å². The van der Waals surface area contributed by atoms with Crippen LogP contribution in [0.4, 0.5) is 0 Å². The Morgan fingerprint density at radius 2 is 2.27 bits per heavy atom. The van der Waals surface area contributed by atoms with Crippen LogP contribution in [-0.2, 0) is 6.54 Å². The van der Waals surface area contributed by atoms with Crippen LogP contribution in [0.3, 0.4) is 0 Å². The van der Waals surface area contributed by atoms with E-state index >= 15 is 0 Å². The third-order valence-electron chi connectivity index (χ3n) is 1.99. The summed E-state index contributed by atoms with van der Waals surface area (Å²) in [6, 6.07) is 5.93. The Hall–Kier alpha value is -0.580. The highest BCUT2D eigenvalue weighted by Crippen LogP contribution is 2.25. The number of rotatable bonds is 5. The van der Waals surface area contributed by atoms with Gasteiger partial charge in [0.05, 0.1) is 17.7 Å². The van der Waals surface area contributed by atoms with Crippen molar-refractivity contribution in [1.29, 1.82) is 0 Å². The summed E-state index contributed by atoms with van der Waals surface area (Å²) in [5.74, 6) is 0.828.